The quantitative estimate of drug-likeness (QED) is 0.790. The van der Waals surface area contributed by atoms with Crippen molar-refractivity contribution in [3.05, 3.63) is 23.8 Å². The van der Waals surface area contributed by atoms with Crippen molar-refractivity contribution in [1.82, 2.24) is 4.90 Å². The van der Waals surface area contributed by atoms with Crippen molar-refractivity contribution in [1.29, 1.82) is 0 Å². The molecule has 108 valence electrons. The second-order valence-corrected chi connectivity index (χ2v) is 6.09. The van der Waals surface area contributed by atoms with Crippen molar-refractivity contribution in [2.45, 2.75) is 25.8 Å². The lowest BCUT2D eigenvalue weighted by Gasteiger charge is -2.19. The molecule has 1 aliphatic carbocycles. The Morgan fingerprint density at radius 2 is 1.95 bits per heavy atom. The first-order valence-corrected chi connectivity index (χ1v) is 7.42. The minimum Gasteiger partial charge on any atom is -0.496 e. The highest BCUT2D eigenvalue weighted by atomic mass is 16.5. The van der Waals surface area contributed by atoms with Crippen LogP contribution in [0.15, 0.2) is 18.2 Å². The fourth-order valence-electron chi connectivity index (χ4n) is 3.78. The minimum atomic E-state index is -1.42. The van der Waals surface area contributed by atoms with Gasteiger partial charge in [-0.1, -0.05) is 18.6 Å². The Balaban J connectivity index is 1.74. The molecule has 4 nitrogen and oxygen atoms in total. The van der Waals surface area contributed by atoms with E-state index in [9.17, 15) is 10.0 Å². The largest absolute Gasteiger partial charge is 0.496 e. The molecule has 2 aliphatic rings. The van der Waals surface area contributed by atoms with Gasteiger partial charge in [0, 0.05) is 25.2 Å². The van der Waals surface area contributed by atoms with Gasteiger partial charge in [0.2, 0.25) is 0 Å². The maximum absolute atomic E-state index is 9.31. The molecule has 0 radical (unpaired) electrons. The molecular formula is C15H22BNO3. The summed E-state index contributed by atoms with van der Waals surface area (Å²) in [6, 6.07) is 5.37. The summed E-state index contributed by atoms with van der Waals surface area (Å²) in [6.07, 6.45) is 4.13. The number of rotatable bonds is 4. The van der Waals surface area contributed by atoms with Crippen LogP contribution < -0.4 is 10.2 Å². The number of fused-ring (bicyclic) bond motifs is 1. The van der Waals surface area contributed by atoms with E-state index >= 15 is 0 Å². The summed E-state index contributed by atoms with van der Waals surface area (Å²) < 4.78 is 5.39. The van der Waals surface area contributed by atoms with Gasteiger partial charge < -0.3 is 14.8 Å². The molecule has 1 heterocycles. The third kappa shape index (κ3) is 2.71. The van der Waals surface area contributed by atoms with Gasteiger partial charge in [-0.25, -0.2) is 0 Å². The van der Waals surface area contributed by atoms with E-state index in [1.165, 1.54) is 32.4 Å². The van der Waals surface area contributed by atoms with Gasteiger partial charge in [-0.15, -0.1) is 0 Å². The van der Waals surface area contributed by atoms with Crippen LogP contribution in [0.1, 0.15) is 24.8 Å². The molecule has 2 unspecified atom stereocenters. The maximum atomic E-state index is 9.31. The van der Waals surface area contributed by atoms with E-state index in [2.05, 4.69) is 4.90 Å². The lowest BCUT2D eigenvalue weighted by molar-refractivity contribution is 0.296. The summed E-state index contributed by atoms with van der Waals surface area (Å²) in [5.41, 5.74) is 1.57. The molecule has 2 atom stereocenters. The predicted octanol–water partition coefficient (Wildman–Crippen LogP) is 0.607. The van der Waals surface area contributed by atoms with E-state index < -0.39 is 7.12 Å². The van der Waals surface area contributed by atoms with Gasteiger partial charge in [-0.3, -0.25) is 4.90 Å². The predicted molar refractivity (Wildman–Crippen MR) is 78.9 cm³/mol. The molecule has 0 amide bonds. The topological polar surface area (TPSA) is 52.9 Å². The fraction of sp³-hybridized carbons (Fsp3) is 0.600. The van der Waals surface area contributed by atoms with E-state index in [1.54, 1.807) is 13.2 Å². The van der Waals surface area contributed by atoms with Crippen LogP contribution in [0.2, 0.25) is 0 Å². The number of nitrogens with zero attached hydrogens (tertiary/aromatic N) is 1. The normalized spacial score (nSPS) is 25.8. The Hall–Kier alpha value is -1.04. The lowest BCUT2D eigenvalue weighted by Crippen LogP contribution is -2.31. The van der Waals surface area contributed by atoms with E-state index in [1.807, 2.05) is 12.1 Å². The van der Waals surface area contributed by atoms with Crippen molar-refractivity contribution in [3.8, 4) is 5.75 Å². The van der Waals surface area contributed by atoms with Crippen LogP contribution in [0, 0.1) is 11.8 Å². The zero-order valence-electron chi connectivity index (χ0n) is 12.0. The summed E-state index contributed by atoms with van der Waals surface area (Å²) in [6.45, 7) is 3.16. The van der Waals surface area contributed by atoms with Crippen LogP contribution in [0.5, 0.6) is 5.75 Å². The molecule has 3 rings (SSSR count). The Morgan fingerprint density at radius 1 is 1.25 bits per heavy atom. The third-order valence-corrected chi connectivity index (χ3v) is 4.80. The van der Waals surface area contributed by atoms with Crippen molar-refractivity contribution in [2.24, 2.45) is 11.8 Å². The molecule has 0 spiro atoms. The van der Waals surface area contributed by atoms with E-state index in [4.69, 9.17) is 4.74 Å². The average Bonchev–Trinajstić information content (AvgIpc) is 2.99. The van der Waals surface area contributed by atoms with Crippen molar-refractivity contribution in [3.63, 3.8) is 0 Å². The van der Waals surface area contributed by atoms with Gasteiger partial charge in [0.25, 0.3) is 0 Å². The number of hydrogen-bond donors (Lipinski definition) is 2. The van der Waals surface area contributed by atoms with Crippen LogP contribution in [-0.2, 0) is 6.54 Å². The molecule has 2 fully saturated rings. The highest BCUT2D eigenvalue weighted by Gasteiger charge is 2.36. The summed E-state index contributed by atoms with van der Waals surface area (Å²) >= 11 is 0. The lowest BCUT2D eigenvalue weighted by atomic mass is 9.79. The molecule has 0 bridgehead atoms. The zero-order chi connectivity index (χ0) is 14.1. The summed E-state index contributed by atoms with van der Waals surface area (Å²) in [7, 11) is 0.240. The van der Waals surface area contributed by atoms with Gasteiger partial charge in [0.1, 0.15) is 5.75 Å². The first kappa shape index (κ1) is 13.9. The van der Waals surface area contributed by atoms with E-state index in [-0.39, 0.29) is 0 Å². The van der Waals surface area contributed by atoms with Crippen molar-refractivity contribution >= 4 is 12.6 Å². The molecule has 20 heavy (non-hydrogen) atoms. The molecule has 1 aliphatic heterocycles. The molecule has 1 aromatic rings. The molecule has 1 saturated carbocycles. The Labute approximate surface area is 120 Å². The monoisotopic (exact) mass is 275 g/mol. The summed E-state index contributed by atoms with van der Waals surface area (Å²) in [4.78, 5) is 2.47. The zero-order valence-corrected chi connectivity index (χ0v) is 12.0. The first-order chi connectivity index (χ1) is 9.67. The highest BCUT2D eigenvalue weighted by Crippen LogP contribution is 2.38. The second kappa shape index (κ2) is 5.76. The average molecular weight is 275 g/mol. The number of hydrogen-bond acceptors (Lipinski definition) is 4. The third-order valence-electron chi connectivity index (χ3n) is 4.80. The standard InChI is InChI=1S/C15H22BNO3/c1-20-15-6-5-14(16(18)19)7-13(15)10-17-8-11-3-2-4-12(11)9-17/h5-7,11-12,18-19H,2-4,8-10H2,1H3. The van der Waals surface area contributed by atoms with Crippen LogP contribution in [0.4, 0.5) is 0 Å². The van der Waals surface area contributed by atoms with E-state index in [0.29, 0.717) is 5.46 Å². The second-order valence-electron chi connectivity index (χ2n) is 6.09. The smallest absolute Gasteiger partial charge is 0.488 e. The Kier molecular flexibility index (Phi) is 4.01. The van der Waals surface area contributed by atoms with E-state index in [0.717, 1.165) is 29.7 Å². The summed E-state index contributed by atoms with van der Waals surface area (Å²) in [5.74, 6) is 2.56. The molecule has 0 aromatic heterocycles. The van der Waals surface area contributed by atoms with Gasteiger partial charge in [0.15, 0.2) is 0 Å². The number of methoxy groups -OCH3 is 1. The minimum absolute atomic E-state index is 0.528. The molecule has 1 aromatic carbocycles. The first-order valence-electron chi connectivity index (χ1n) is 7.42. The maximum Gasteiger partial charge on any atom is 0.488 e. The van der Waals surface area contributed by atoms with Gasteiger partial charge >= 0.3 is 7.12 Å². The van der Waals surface area contributed by atoms with Gasteiger partial charge in [-0.05, 0) is 36.2 Å². The molecule has 2 N–H and O–H groups in total. The Morgan fingerprint density at radius 3 is 2.55 bits per heavy atom. The number of likely N-dealkylation sites (tertiary alicyclic amines) is 1. The van der Waals surface area contributed by atoms with Gasteiger partial charge in [0.05, 0.1) is 7.11 Å². The summed E-state index contributed by atoms with van der Waals surface area (Å²) in [5, 5.41) is 18.6. The van der Waals surface area contributed by atoms with Crippen LogP contribution >= 0.6 is 0 Å². The van der Waals surface area contributed by atoms with Crippen LogP contribution in [-0.4, -0.2) is 42.3 Å². The van der Waals surface area contributed by atoms with Crippen molar-refractivity contribution in [2.75, 3.05) is 20.2 Å². The molecular weight excluding hydrogens is 253 g/mol. The fourth-order valence-corrected chi connectivity index (χ4v) is 3.78. The number of benzene rings is 1. The van der Waals surface area contributed by atoms with Crippen LogP contribution in [0.25, 0.3) is 0 Å². The van der Waals surface area contributed by atoms with Crippen molar-refractivity contribution < 1.29 is 14.8 Å². The molecule has 1 saturated heterocycles. The molecule has 5 heteroatoms. The highest BCUT2D eigenvalue weighted by molar-refractivity contribution is 6.58. The number of ether oxygens (including phenoxy) is 1. The SMILES string of the molecule is COc1ccc(B(O)O)cc1CN1CC2CCCC2C1. The van der Waals surface area contributed by atoms with Crippen LogP contribution in [0.3, 0.4) is 0 Å². The Bertz CT molecular complexity index is 468. The van der Waals surface area contributed by atoms with Gasteiger partial charge in [-0.2, -0.15) is 0 Å².